The number of fused-ring (bicyclic) bond motifs is 1. The molecule has 0 unspecified atom stereocenters. The highest BCUT2D eigenvalue weighted by Gasteiger charge is 2.31. The molecule has 0 spiro atoms. The zero-order chi connectivity index (χ0) is 18.8. The smallest absolute Gasteiger partial charge is 0.229 e. The van der Waals surface area contributed by atoms with Gasteiger partial charge in [-0.3, -0.25) is 9.59 Å². The van der Waals surface area contributed by atoms with E-state index in [1.807, 2.05) is 60.0 Å². The lowest BCUT2D eigenvalue weighted by Gasteiger charge is -2.17. The molecule has 1 atom stereocenters. The zero-order valence-corrected chi connectivity index (χ0v) is 15.3. The summed E-state index contributed by atoms with van der Waals surface area (Å²) in [6, 6.07) is 15.6. The first-order valence-corrected chi connectivity index (χ1v) is 9.16. The number of imidazole rings is 1. The predicted octanol–water partition coefficient (Wildman–Crippen LogP) is 2.66. The van der Waals surface area contributed by atoms with Crippen molar-refractivity contribution in [3.05, 3.63) is 60.4 Å². The predicted molar refractivity (Wildman–Crippen MR) is 104 cm³/mol. The van der Waals surface area contributed by atoms with Crippen molar-refractivity contribution < 1.29 is 9.59 Å². The van der Waals surface area contributed by atoms with E-state index in [-0.39, 0.29) is 17.9 Å². The van der Waals surface area contributed by atoms with Gasteiger partial charge in [0.25, 0.3) is 0 Å². The van der Waals surface area contributed by atoms with Gasteiger partial charge in [-0.2, -0.15) is 0 Å². The molecule has 1 fully saturated rings. The van der Waals surface area contributed by atoms with Crippen LogP contribution in [0.25, 0.3) is 11.0 Å². The summed E-state index contributed by atoms with van der Waals surface area (Å²) < 4.78 is 1.98. The molecule has 2 amide bonds. The van der Waals surface area contributed by atoms with E-state index in [9.17, 15) is 9.59 Å². The molecule has 0 radical (unpaired) electrons. The number of rotatable bonds is 5. The first kappa shape index (κ1) is 17.3. The third-order valence-electron chi connectivity index (χ3n) is 4.94. The summed E-state index contributed by atoms with van der Waals surface area (Å²) in [6.45, 7) is 3.10. The first-order valence-electron chi connectivity index (χ1n) is 9.16. The molecule has 1 N–H and O–H groups in total. The second kappa shape index (κ2) is 7.23. The van der Waals surface area contributed by atoms with E-state index < -0.39 is 0 Å². The van der Waals surface area contributed by atoms with Crippen LogP contribution in [-0.2, 0) is 16.1 Å². The van der Waals surface area contributed by atoms with Crippen LogP contribution in [0.3, 0.4) is 0 Å². The molecule has 27 heavy (non-hydrogen) atoms. The molecule has 3 aromatic rings. The van der Waals surface area contributed by atoms with Crippen molar-refractivity contribution in [3.8, 4) is 0 Å². The molecule has 6 nitrogen and oxygen atoms in total. The van der Waals surface area contributed by atoms with Crippen LogP contribution in [0, 0.1) is 6.92 Å². The third kappa shape index (κ3) is 3.69. The van der Waals surface area contributed by atoms with Gasteiger partial charge in [-0.15, -0.1) is 0 Å². The minimum Gasteiger partial charge on any atom is -0.351 e. The van der Waals surface area contributed by atoms with E-state index in [0.29, 0.717) is 25.9 Å². The maximum absolute atomic E-state index is 12.4. The maximum atomic E-state index is 12.4. The van der Waals surface area contributed by atoms with Crippen molar-refractivity contribution >= 4 is 28.5 Å². The molecule has 2 aromatic carbocycles. The number of para-hydroxylation sites is 2. The van der Waals surface area contributed by atoms with Crippen molar-refractivity contribution in [2.75, 3.05) is 11.4 Å². The minimum atomic E-state index is -0.147. The fourth-order valence-electron chi connectivity index (χ4n) is 3.49. The normalized spacial score (nSPS) is 16.9. The molecular formula is C21H22N4O2. The Morgan fingerprint density at radius 2 is 1.96 bits per heavy atom. The number of aryl methyl sites for hydroxylation is 2. The Bertz CT molecular complexity index is 977. The number of hydrogen-bond donors (Lipinski definition) is 1. The molecule has 1 aliphatic rings. The molecule has 0 bridgehead atoms. The summed E-state index contributed by atoms with van der Waals surface area (Å²) >= 11 is 0. The fourth-order valence-corrected chi connectivity index (χ4v) is 3.49. The lowest BCUT2D eigenvalue weighted by atomic mass is 10.2. The van der Waals surface area contributed by atoms with Crippen LogP contribution in [0.15, 0.2) is 54.9 Å². The highest BCUT2D eigenvalue weighted by Crippen LogP contribution is 2.22. The Hall–Kier alpha value is -3.15. The monoisotopic (exact) mass is 362 g/mol. The van der Waals surface area contributed by atoms with Crippen molar-refractivity contribution in [2.45, 2.75) is 32.4 Å². The maximum Gasteiger partial charge on any atom is 0.229 e. The molecule has 138 valence electrons. The van der Waals surface area contributed by atoms with Gasteiger partial charge in [0.2, 0.25) is 11.8 Å². The van der Waals surface area contributed by atoms with Gasteiger partial charge in [0.1, 0.15) is 0 Å². The fraction of sp³-hybridized carbons (Fsp3) is 0.286. The van der Waals surface area contributed by atoms with Crippen LogP contribution in [0.2, 0.25) is 0 Å². The van der Waals surface area contributed by atoms with Crippen molar-refractivity contribution in [1.82, 2.24) is 14.9 Å². The number of nitrogens with zero attached hydrogens (tertiary/aromatic N) is 3. The Kier molecular flexibility index (Phi) is 4.62. The second-order valence-electron chi connectivity index (χ2n) is 6.99. The minimum absolute atomic E-state index is 0.0451. The average Bonchev–Trinajstić information content (AvgIpc) is 3.24. The Morgan fingerprint density at radius 3 is 2.78 bits per heavy atom. The molecule has 4 rings (SSSR count). The number of hydrogen-bond acceptors (Lipinski definition) is 3. The number of amides is 2. The van der Waals surface area contributed by atoms with Gasteiger partial charge in [-0.05, 0) is 31.2 Å². The van der Waals surface area contributed by atoms with E-state index in [0.717, 1.165) is 22.3 Å². The van der Waals surface area contributed by atoms with Gasteiger partial charge in [0, 0.05) is 31.6 Å². The van der Waals surface area contributed by atoms with Gasteiger partial charge in [-0.1, -0.05) is 29.8 Å². The molecular weight excluding hydrogens is 340 g/mol. The van der Waals surface area contributed by atoms with E-state index >= 15 is 0 Å². The summed E-state index contributed by atoms with van der Waals surface area (Å²) in [5, 5.41) is 3.00. The van der Waals surface area contributed by atoms with E-state index in [2.05, 4.69) is 10.3 Å². The summed E-state index contributed by atoms with van der Waals surface area (Å²) in [4.78, 5) is 30.7. The summed E-state index contributed by atoms with van der Waals surface area (Å²) in [5.41, 5.74) is 3.98. The second-order valence-corrected chi connectivity index (χ2v) is 6.99. The summed E-state index contributed by atoms with van der Waals surface area (Å²) in [6.07, 6.45) is 2.46. The van der Waals surface area contributed by atoms with Gasteiger partial charge >= 0.3 is 0 Å². The van der Waals surface area contributed by atoms with Crippen LogP contribution < -0.4 is 10.2 Å². The van der Waals surface area contributed by atoms with E-state index in [4.69, 9.17) is 0 Å². The van der Waals surface area contributed by atoms with Crippen LogP contribution >= 0.6 is 0 Å². The summed E-state index contributed by atoms with van der Waals surface area (Å²) in [7, 11) is 0. The zero-order valence-electron chi connectivity index (χ0n) is 15.3. The van der Waals surface area contributed by atoms with Crippen LogP contribution in [0.1, 0.15) is 18.4 Å². The quantitative estimate of drug-likeness (QED) is 0.759. The molecule has 0 aliphatic carbocycles. The molecule has 0 saturated carbocycles. The van der Waals surface area contributed by atoms with Crippen LogP contribution in [0.5, 0.6) is 0 Å². The Balaban J connectivity index is 1.33. The highest BCUT2D eigenvalue weighted by atomic mass is 16.2. The largest absolute Gasteiger partial charge is 0.351 e. The van der Waals surface area contributed by atoms with E-state index in [1.54, 1.807) is 11.2 Å². The molecule has 1 aliphatic heterocycles. The Labute approximate surface area is 157 Å². The van der Waals surface area contributed by atoms with Gasteiger partial charge in [0.15, 0.2) is 0 Å². The number of anilines is 1. The lowest BCUT2D eigenvalue weighted by Crippen LogP contribution is -2.37. The summed E-state index contributed by atoms with van der Waals surface area (Å²) in [5.74, 6) is 0.00101. The van der Waals surface area contributed by atoms with E-state index in [1.165, 1.54) is 0 Å². The number of benzene rings is 2. The number of nitrogens with one attached hydrogen (secondary N) is 1. The van der Waals surface area contributed by atoms with Gasteiger partial charge in [0.05, 0.1) is 23.4 Å². The third-order valence-corrected chi connectivity index (χ3v) is 4.94. The molecule has 2 heterocycles. The highest BCUT2D eigenvalue weighted by molar-refractivity contribution is 5.96. The topological polar surface area (TPSA) is 67.2 Å². The molecule has 1 aromatic heterocycles. The molecule has 6 heteroatoms. The first-order chi connectivity index (χ1) is 13.1. The number of aromatic nitrogens is 2. The lowest BCUT2D eigenvalue weighted by molar-refractivity contribution is -0.122. The van der Waals surface area contributed by atoms with Crippen molar-refractivity contribution in [2.24, 2.45) is 0 Å². The number of carbonyl (C=O) groups is 2. The van der Waals surface area contributed by atoms with Crippen molar-refractivity contribution in [1.29, 1.82) is 0 Å². The van der Waals surface area contributed by atoms with Gasteiger partial charge in [-0.25, -0.2) is 4.98 Å². The Morgan fingerprint density at radius 1 is 1.19 bits per heavy atom. The number of carbonyl (C=O) groups excluding carboxylic acids is 2. The van der Waals surface area contributed by atoms with Gasteiger partial charge < -0.3 is 14.8 Å². The van der Waals surface area contributed by atoms with Crippen molar-refractivity contribution in [3.63, 3.8) is 0 Å². The SMILES string of the molecule is Cc1ccc(N2C[C@@H](NC(=O)CCn3cnc4ccccc43)CC2=O)cc1. The van der Waals surface area contributed by atoms with Crippen LogP contribution in [0.4, 0.5) is 5.69 Å². The average molecular weight is 362 g/mol. The molecule has 1 saturated heterocycles. The van der Waals surface area contributed by atoms with Crippen LogP contribution in [-0.4, -0.2) is 34.0 Å². The standard InChI is InChI=1S/C21H22N4O2/c1-15-6-8-17(9-7-15)25-13-16(12-21(25)27)23-20(26)10-11-24-14-22-18-4-2-3-5-19(18)24/h2-9,14,16H,10-13H2,1H3,(H,23,26)/t16-/m0/s1.